The van der Waals surface area contributed by atoms with Crippen LogP contribution in [-0.4, -0.2) is 67.2 Å². The van der Waals surface area contributed by atoms with E-state index in [0.29, 0.717) is 11.4 Å². The lowest BCUT2D eigenvalue weighted by molar-refractivity contribution is -0.127. The molecule has 0 spiro atoms. The first-order valence-corrected chi connectivity index (χ1v) is 15.0. The standard InChI is InChI=1S/C33H33F3N6O4/c1-7-21(44)40-11-17(6)41-18(12-40)13-46-31-24-29(25(35)23(26(31)36)22-19(34)9-8-10-20(22)43)42(33(45)39-32(24)41)30-27(15(2)3)37-14-38-28(30)16(4)5/h7-10,14-18,43H,1,11-13H2,2-6H3. The highest BCUT2D eigenvalue weighted by Crippen LogP contribution is 2.48. The van der Waals surface area contributed by atoms with E-state index in [2.05, 4.69) is 21.5 Å². The number of rotatable bonds is 5. The van der Waals surface area contributed by atoms with Crippen LogP contribution in [0.15, 0.2) is 42.0 Å². The van der Waals surface area contributed by atoms with Gasteiger partial charge < -0.3 is 19.6 Å². The SMILES string of the molecule is C=CC(=O)N1CC(C)N2c3nc(=O)n(-c4c(C(C)C)ncnc4C(C)C)c4c(F)c(-c5c(O)cccc5F)c(F)c(c34)OCC2C1. The van der Waals surface area contributed by atoms with Crippen LogP contribution in [0.2, 0.25) is 0 Å². The number of hydrogen-bond acceptors (Lipinski definition) is 8. The number of carbonyl (C=O) groups is 1. The lowest BCUT2D eigenvalue weighted by Gasteiger charge is -2.45. The fourth-order valence-electron chi connectivity index (χ4n) is 6.54. The molecule has 1 amide bonds. The van der Waals surface area contributed by atoms with Crippen molar-refractivity contribution in [1.29, 1.82) is 0 Å². The lowest BCUT2D eigenvalue weighted by Crippen LogP contribution is -2.61. The van der Waals surface area contributed by atoms with Gasteiger partial charge in [0.1, 0.15) is 35.8 Å². The molecule has 4 aromatic rings. The van der Waals surface area contributed by atoms with Crippen molar-refractivity contribution >= 4 is 22.6 Å². The maximum Gasteiger partial charge on any atom is 0.354 e. The number of phenolic OH excluding ortho intramolecular Hbond substituents is 1. The van der Waals surface area contributed by atoms with Crippen LogP contribution in [0.5, 0.6) is 11.5 Å². The van der Waals surface area contributed by atoms with Gasteiger partial charge in [0.15, 0.2) is 17.4 Å². The third-order valence-corrected chi connectivity index (χ3v) is 8.52. The minimum atomic E-state index is -1.30. The molecule has 2 aromatic heterocycles. The van der Waals surface area contributed by atoms with Crippen molar-refractivity contribution in [3.8, 4) is 28.3 Å². The van der Waals surface area contributed by atoms with Gasteiger partial charge in [-0.3, -0.25) is 9.36 Å². The van der Waals surface area contributed by atoms with Crippen LogP contribution in [0.25, 0.3) is 27.7 Å². The maximum absolute atomic E-state index is 17.3. The molecule has 2 aliphatic rings. The third kappa shape index (κ3) is 4.67. The van der Waals surface area contributed by atoms with Gasteiger partial charge in [0.05, 0.1) is 39.6 Å². The van der Waals surface area contributed by atoms with Crippen molar-refractivity contribution in [2.45, 2.75) is 58.5 Å². The molecule has 2 atom stereocenters. The van der Waals surface area contributed by atoms with Gasteiger partial charge in [-0.15, -0.1) is 0 Å². The number of phenols is 1. The average molecular weight is 635 g/mol. The molecular weight excluding hydrogens is 601 g/mol. The van der Waals surface area contributed by atoms with E-state index in [4.69, 9.17) is 4.74 Å². The summed E-state index contributed by atoms with van der Waals surface area (Å²) >= 11 is 0. The number of amides is 1. The Morgan fingerprint density at radius 2 is 1.74 bits per heavy atom. The van der Waals surface area contributed by atoms with Crippen LogP contribution in [-0.2, 0) is 4.79 Å². The topological polar surface area (TPSA) is 114 Å². The molecule has 2 aliphatic heterocycles. The van der Waals surface area contributed by atoms with Crippen molar-refractivity contribution in [3.05, 3.63) is 76.5 Å². The number of fused-ring (bicyclic) bond motifs is 2. The third-order valence-electron chi connectivity index (χ3n) is 8.52. The summed E-state index contributed by atoms with van der Waals surface area (Å²) in [7, 11) is 0. The maximum atomic E-state index is 17.3. The molecule has 2 unspecified atom stereocenters. The van der Waals surface area contributed by atoms with Gasteiger partial charge in [-0.1, -0.05) is 40.3 Å². The summed E-state index contributed by atoms with van der Waals surface area (Å²) in [5, 5.41) is 10.5. The number of benzene rings is 2. The van der Waals surface area contributed by atoms with Gasteiger partial charge >= 0.3 is 5.69 Å². The number of anilines is 1. The molecule has 0 radical (unpaired) electrons. The second kappa shape index (κ2) is 11.5. The number of aromatic hydroxyl groups is 1. The van der Waals surface area contributed by atoms with Crippen molar-refractivity contribution in [2.24, 2.45) is 0 Å². The Hall–Kier alpha value is -4.94. The summed E-state index contributed by atoms with van der Waals surface area (Å²) in [6, 6.07) is 2.21. The summed E-state index contributed by atoms with van der Waals surface area (Å²) in [6.07, 6.45) is 2.55. The van der Waals surface area contributed by atoms with E-state index >= 15 is 13.2 Å². The fourth-order valence-corrected chi connectivity index (χ4v) is 6.54. The Morgan fingerprint density at radius 3 is 2.35 bits per heavy atom. The van der Waals surface area contributed by atoms with E-state index in [1.54, 1.807) is 16.7 Å². The monoisotopic (exact) mass is 634 g/mol. The van der Waals surface area contributed by atoms with Gasteiger partial charge in [0, 0.05) is 19.1 Å². The van der Waals surface area contributed by atoms with Gasteiger partial charge in [-0.05, 0) is 37.0 Å². The molecule has 0 saturated carbocycles. The molecule has 13 heteroatoms. The normalized spacial score (nSPS) is 17.7. The predicted molar refractivity (Wildman–Crippen MR) is 166 cm³/mol. The second-order valence-electron chi connectivity index (χ2n) is 12.2. The van der Waals surface area contributed by atoms with Crippen molar-refractivity contribution in [1.82, 2.24) is 24.4 Å². The summed E-state index contributed by atoms with van der Waals surface area (Å²) < 4.78 is 56.4. The highest BCUT2D eigenvalue weighted by atomic mass is 19.1. The molecule has 10 nitrogen and oxygen atoms in total. The minimum absolute atomic E-state index is 0.0388. The molecule has 1 N–H and O–H groups in total. The van der Waals surface area contributed by atoms with E-state index in [1.807, 2.05) is 27.7 Å². The first-order valence-electron chi connectivity index (χ1n) is 15.0. The average Bonchev–Trinajstić information content (AvgIpc) is 3.17. The van der Waals surface area contributed by atoms with Crippen LogP contribution in [0.4, 0.5) is 19.0 Å². The smallest absolute Gasteiger partial charge is 0.354 e. The highest BCUT2D eigenvalue weighted by molar-refractivity contribution is 6.01. The number of halogens is 3. The predicted octanol–water partition coefficient (Wildman–Crippen LogP) is 5.20. The highest BCUT2D eigenvalue weighted by Gasteiger charge is 2.42. The number of nitrogens with zero attached hydrogens (tertiary/aromatic N) is 6. The zero-order chi connectivity index (χ0) is 33.2. The van der Waals surface area contributed by atoms with Crippen LogP contribution in [0, 0.1) is 17.5 Å². The molecular formula is C33H33F3N6O4. The van der Waals surface area contributed by atoms with E-state index in [-0.39, 0.29) is 54.3 Å². The Morgan fingerprint density at radius 1 is 1.07 bits per heavy atom. The first kappa shape index (κ1) is 31.1. The van der Waals surface area contributed by atoms with Crippen molar-refractivity contribution < 1.29 is 27.8 Å². The molecule has 2 aromatic carbocycles. The number of ether oxygens (including phenoxy) is 1. The Labute approximate surface area is 262 Å². The quantitative estimate of drug-likeness (QED) is 0.298. The van der Waals surface area contributed by atoms with E-state index in [1.165, 1.54) is 18.5 Å². The zero-order valence-electron chi connectivity index (χ0n) is 26.0. The summed E-state index contributed by atoms with van der Waals surface area (Å²) in [5.41, 5.74) is -1.97. The summed E-state index contributed by atoms with van der Waals surface area (Å²) in [4.78, 5) is 43.5. The van der Waals surface area contributed by atoms with Gasteiger partial charge in [0.25, 0.3) is 0 Å². The van der Waals surface area contributed by atoms with Gasteiger partial charge in [-0.2, -0.15) is 4.98 Å². The van der Waals surface area contributed by atoms with Crippen LogP contribution in [0.1, 0.15) is 57.8 Å². The number of piperazine rings is 1. The Balaban J connectivity index is 1.80. The second-order valence-corrected chi connectivity index (χ2v) is 12.2. The molecule has 46 heavy (non-hydrogen) atoms. The van der Waals surface area contributed by atoms with Crippen molar-refractivity contribution in [3.63, 3.8) is 0 Å². The summed E-state index contributed by atoms with van der Waals surface area (Å²) in [6.45, 7) is 12.9. The molecule has 0 aliphatic carbocycles. The lowest BCUT2D eigenvalue weighted by atomic mass is 9.97. The number of carbonyl (C=O) groups excluding carboxylic acids is 1. The summed E-state index contributed by atoms with van der Waals surface area (Å²) in [5.74, 6) is -5.72. The molecule has 4 heterocycles. The van der Waals surface area contributed by atoms with Crippen LogP contribution in [0.3, 0.4) is 0 Å². The zero-order valence-corrected chi connectivity index (χ0v) is 26.0. The van der Waals surface area contributed by atoms with Crippen LogP contribution < -0.4 is 15.3 Å². The fraction of sp³-hybridized carbons (Fsp3) is 0.364. The molecule has 1 saturated heterocycles. The minimum Gasteiger partial charge on any atom is -0.507 e. The molecule has 1 fully saturated rings. The largest absolute Gasteiger partial charge is 0.507 e. The van der Waals surface area contributed by atoms with Gasteiger partial charge in [-0.25, -0.2) is 27.9 Å². The number of hydrogen-bond donors (Lipinski definition) is 1. The van der Waals surface area contributed by atoms with E-state index < -0.39 is 63.4 Å². The van der Waals surface area contributed by atoms with Gasteiger partial charge in [0.2, 0.25) is 5.91 Å². The van der Waals surface area contributed by atoms with E-state index in [0.717, 1.165) is 16.7 Å². The Bertz CT molecular complexity index is 1930. The van der Waals surface area contributed by atoms with Crippen LogP contribution >= 0.6 is 0 Å². The molecule has 0 bridgehead atoms. The first-order chi connectivity index (χ1) is 21.9. The van der Waals surface area contributed by atoms with E-state index in [9.17, 15) is 14.7 Å². The number of aromatic nitrogens is 4. The molecule has 6 rings (SSSR count). The Kier molecular flexibility index (Phi) is 7.73. The molecule has 240 valence electrons. The van der Waals surface area contributed by atoms with Crippen molar-refractivity contribution in [2.75, 3.05) is 24.6 Å².